The molecule has 1 unspecified atom stereocenters. The van der Waals surface area contributed by atoms with Gasteiger partial charge in [-0.1, -0.05) is 38.3 Å². The van der Waals surface area contributed by atoms with Crippen LogP contribution >= 0.6 is 11.6 Å². The van der Waals surface area contributed by atoms with Gasteiger partial charge in [-0.2, -0.15) is 0 Å². The summed E-state index contributed by atoms with van der Waals surface area (Å²) in [5.41, 5.74) is 6.54. The highest BCUT2D eigenvalue weighted by Gasteiger charge is 2.17. The van der Waals surface area contributed by atoms with E-state index in [-0.39, 0.29) is 6.10 Å². The molecule has 0 aromatic heterocycles. The lowest BCUT2D eigenvalue weighted by molar-refractivity contribution is 0.0250. The predicted molar refractivity (Wildman–Crippen MR) is 97.0 cm³/mol. The standard InChI is InChI=1S/C18H29ClN2O2/c1-4-6-10-21(11-7-5-2)13-14(3)23-18(22)16-9-8-15(20)12-17(16)19/h8-9,12,14H,4-7,10-11,13,20H2,1-3H3. The van der Waals surface area contributed by atoms with Crippen molar-refractivity contribution in [2.24, 2.45) is 0 Å². The molecule has 4 nitrogen and oxygen atoms in total. The Morgan fingerprint density at radius 1 is 1.26 bits per heavy atom. The van der Waals surface area contributed by atoms with Crippen LogP contribution in [-0.2, 0) is 4.74 Å². The maximum absolute atomic E-state index is 12.2. The monoisotopic (exact) mass is 340 g/mol. The zero-order valence-corrected chi connectivity index (χ0v) is 15.2. The van der Waals surface area contributed by atoms with Crippen LogP contribution in [-0.4, -0.2) is 36.6 Å². The van der Waals surface area contributed by atoms with E-state index in [2.05, 4.69) is 18.7 Å². The number of benzene rings is 1. The lowest BCUT2D eigenvalue weighted by Gasteiger charge is -2.25. The number of rotatable bonds is 10. The first-order valence-corrected chi connectivity index (χ1v) is 8.84. The molecule has 23 heavy (non-hydrogen) atoms. The number of hydrogen-bond acceptors (Lipinski definition) is 4. The van der Waals surface area contributed by atoms with E-state index in [1.165, 1.54) is 0 Å². The summed E-state index contributed by atoms with van der Waals surface area (Å²) in [6, 6.07) is 4.83. The molecular weight excluding hydrogens is 312 g/mol. The Morgan fingerprint density at radius 3 is 2.39 bits per heavy atom. The number of halogens is 1. The molecule has 0 saturated heterocycles. The van der Waals surface area contributed by atoms with Gasteiger partial charge in [0.15, 0.2) is 0 Å². The molecule has 0 fully saturated rings. The summed E-state index contributed by atoms with van der Waals surface area (Å²) >= 11 is 6.06. The molecule has 0 aliphatic heterocycles. The van der Waals surface area contributed by atoms with Gasteiger partial charge in [-0.25, -0.2) is 4.79 Å². The van der Waals surface area contributed by atoms with Crippen LogP contribution in [0.1, 0.15) is 56.8 Å². The molecule has 130 valence electrons. The SMILES string of the molecule is CCCCN(CCCC)CC(C)OC(=O)c1ccc(N)cc1Cl. The Morgan fingerprint density at radius 2 is 1.87 bits per heavy atom. The number of ether oxygens (including phenoxy) is 1. The normalized spacial score (nSPS) is 12.4. The van der Waals surface area contributed by atoms with Crippen molar-refractivity contribution in [3.63, 3.8) is 0 Å². The largest absolute Gasteiger partial charge is 0.458 e. The minimum absolute atomic E-state index is 0.176. The molecule has 1 aromatic rings. The van der Waals surface area contributed by atoms with Gasteiger partial charge >= 0.3 is 5.97 Å². The number of nitrogens with zero attached hydrogens (tertiary/aromatic N) is 1. The van der Waals surface area contributed by atoms with Crippen LogP contribution in [0.15, 0.2) is 18.2 Å². The molecule has 0 radical (unpaired) electrons. The molecule has 0 bridgehead atoms. The van der Waals surface area contributed by atoms with Crippen LogP contribution in [0.3, 0.4) is 0 Å². The van der Waals surface area contributed by atoms with Gasteiger partial charge in [-0.15, -0.1) is 0 Å². The Kier molecular flexibility index (Phi) is 9.03. The summed E-state index contributed by atoms with van der Waals surface area (Å²) in [6.07, 6.45) is 4.47. The average Bonchev–Trinajstić information content (AvgIpc) is 2.49. The summed E-state index contributed by atoms with van der Waals surface area (Å²) in [6.45, 7) is 9.13. The Hall–Kier alpha value is -1.26. The van der Waals surface area contributed by atoms with Crippen molar-refractivity contribution in [2.75, 3.05) is 25.4 Å². The van der Waals surface area contributed by atoms with Gasteiger partial charge in [-0.3, -0.25) is 4.90 Å². The third-order valence-corrected chi connectivity index (χ3v) is 4.01. The minimum Gasteiger partial charge on any atom is -0.458 e. The van der Waals surface area contributed by atoms with Gasteiger partial charge in [0.25, 0.3) is 0 Å². The van der Waals surface area contributed by atoms with Gasteiger partial charge in [0.2, 0.25) is 0 Å². The quantitative estimate of drug-likeness (QED) is 0.507. The smallest absolute Gasteiger partial charge is 0.339 e. The van der Waals surface area contributed by atoms with Crippen molar-refractivity contribution in [3.05, 3.63) is 28.8 Å². The van der Waals surface area contributed by atoms with Crippen LogP contribution < -0.4 is 5.73 Å². The van der Waals surface area contributed by atoms with Crippen molar-refractivity contribution in [1.29, 1.82) is 0 Å². The number of carbonyl (C=O) groups is 1. The molecule has 1 rings (SSSR count). The molecule has 5 heteroatoms. The van der Waals surface area contributed by atoms with Gasteiger partial charge in [-0.05, 0) is 51.1 Å². The first-order valence-electron chi connectivity index (χ1n) is 8.46. The summed E-state index contributed by atoms with van der Waals surface area (Å²) in [5.74, 6) is -0.395. The van der Waals surface area contributed by atoms with Crippen LogP contribution in [0, 0.1) is 0 Å². The van der Waals surface area contributed by atoms with E-state index in [1.54, 1.807) is 18.2 Å². The zero-order valence-electron chi connectivity index (χ0n) is 14.5. The van der Waals surface area contributed by atoms with E-state index in [4.69, 9.17) is 22.1 Å². The summed E-state index contributed by atoms with van der Waals surface area (Å²) in [5, 5.41) is 0.330. The van der Waals surface area contributed by atoms with Crippen molar-refractivity contribution in [2.45, 2.75) is 52.6 Å². The Balaban J connectivity index is 2.58. The fourth-order valence-corrected chi connectivity index (χ4v) is 2.67. The van der Waals surface area contributed by atoms with Gasteiger partial charge in [0, 0.05) is 12.2 Å². The number of esters is 1. The van der Waals surface area contributed by atoms with E-state index in [9.17, 15) is 4.79 Å². The Labute approximate surface area is 144 Å². The van der Waals surface area contributed by atoms with Crippen LogP contribution in [0.2, 0.25) is 5.02 Å². The molecule has 2 N–H and O–H groups in total. The van der Waals surface area contributed by atoms with E-state index in [0.29, 0.717) is 16.3 Å². The summed E-state index contributed by atoms with van der Waals surface area (Å²) in [4.78, 5) is 14.6. The third-order valence-electron chi connectivity index (χ3n) is 3.69. The summed E-state index contributed by atoms with van der Waals surface area (Å²) < 4.78 is 5.54. The lowest BCUT2D eigenvalue weighted by atomic mass is 10.2. The maximum Gasteiger partial charge on any atom is 0.339 e. The van der Waals surface area contributed by atoms with Gasteiger partial charge in [0.05, 0.1) is 10.6 Å². The van der Waals surface area contributed by atoms with Crippen molar-refractivity contribution < 1.29 is 9.53 Å². The highest BCUT2D eigenvalue weighted by atomic mass is 35.5. The van der Waals surface area contributed by atoms with Gasteiger partial charge < -0.3 is 10.5 Å². The zero-order chi connectivity index (χ0) is 17.2. The predicted octanol–water partition coefficient (Wildman–Crippen LogP) is 4.37. The van der Waals surface area contributed by atoms with Crippen LogP contribution in [0.5, 0.6) is 0 Å². The molecule has 0 aliphatic rings. The molecule has 0 heterocycles. The average molecular weight is 341 g/mol. The molecule has 1 aromatic carbocycles. The number of unbranched alkanes of at least 4 members (excludes halogenated alkanes) is 2. The second-order valence-electron chi connectivity index (χ2n) is 5.96. The third kappa shape index (κ3) is 7.23. The highest BCUT2D eigenvalue weighted by Crippen LogP contribution is 2.20. The number of hydrogen-bond donors (Lipinski definition) is 1. The minimum atomic E-state index is -0.395. The molecular formula is C18H29ClN2O2. The van der Waals surface area contributed by atoms with E-state index < -0.39 is 5.97 Å². The second-order valence-corrected chi connectivity index (χ2v) is 6.37. The van der Waals surface area contributed by atoms with Crippen molar-refractivity contribution in [1.82, 2.24) is 4.90 Å². The molecule has 0 aliphatic carbocycles. The van der Waals surface area contributed by atoms with Crippen molar-refractivity contribution in [3.8, 4) is 0 Å². The lowest BCUT2D eigenvalue weighted by Crippen LogP contribution is -2.35. The highest BCUT2D eigenvalue weighted by molar-refractivity contribution is 6.33. The number of nitrogens with two attached hydrogens (primary N) is 1. The maximum atomic E-state index is 12.2. The molecule has 1 atom stereocenters. The summed E-state index contributed by atoms with van der Waals surface area (Å²) in [7, 11) is 0. The first-order chi connectivity index (χ1) is 11.0. The van der Waals surface area contributed by atoms with E-state index in [0.717, 1.165) is 45.3 Å². The van der Waals surface area contributed by atoms with Crippen molar-refractivity contribution >= 4 is 23.3 Å². The van der Waals surface area contributed by atoms with Gasteiger partial charge in [0.1, 0.15) is 6.10 Å². The molecule has 0 amide bonds. The van der Waals surface area contributed by atoms with E-state index in [1.807, 2.05) is 6.92 Å². The van der Waals surface area contributed by atoms with Crippen LogP contribution in [0.4, 0.5) is 5.69 Å². The fraction of sp³-hybridized carbons (Fsp3) is 0.611. The number of carbonyl (C=O) groups excluding carboxylic acids is 1. The number of anilines is 1. The Bertz CT molecular complexity index is 486. The first kappa shape index (κ1) is 19.8. The second kappa shape index (κ2) is 10.5. The molecule has 0 saturated carbocycles. The van der Waals surface area contributed by atoms with E-state index >= 15 is 0 Å². The fourth-order valence-electron chi connectivity index (χ4n) is 2.40. The molecule has 0 spiro atoms. The topological polar surface area (TPSA) is 55.6 Å². The van der Waals surface area contributed by atoms with Crippen LogP contribution in [0.25, 0.3) is 0 Å². The number of nitrogen functional groups attached to an aromatic ring is 1.